The predicted molar refractivity (Wildman–Crippen MR) is 121 cm³/mol. The molecule has 0 saturated carbocycles. The Balaban J connectivity index is 1.88. The lowest BCUT2D eigenvalue weighted by molar-refractivity contribution is -0.149. The second-order valence-electron chi connectivity index (χ2n) is 7.51. The van der Waals surface area contributed by atoms with Crippen LogP contribution in [0.25, 0.3) is 11.8 Å². The van der Waals surface area contributed by atoms with E-state index in [0.29, 0.717) is 5.56 Å². The standard InChI is InChI=1S/C21H23N3O6S2/c1-12(2)30-19(25)11-23-20(26)18(31-21(23)27)10-15-9-13(3)24(14(15)4)16-5-7-17(8-6-16)32(22,28)29/h5-10,12H,11H2,1-4H3,(H2,22,28,29)/b18-10+. The molecule has 9 nitrogen and oxygen atoms in total. The molecular weight excluding hydrogens is 454 g/mol. The maximum atomic E-state index is 12.7. The Morgan fingerprint density at radius 3 is 2.38 bits per heavy atom. The normalized spacial score (nSPS) is 15.8. The Hall–Kier alpha value is -2.89. The molecule has 0 aliphatic carbocycles. The Kier molecular flexibility index (Phi) is 6.63. The van der Waals surface area contributed by atoms with Crippen LogP contribution in [0.5, 0.6) is 0 Å². The summed E-state index contributed by atoms with van der Waals surface area (Å²) in [5.41, 5.74) is 3.07. The number of primary sulfonamides is 1. The highest BCUT2D eigenvalue weighted by atomic mass is 32.2. The van der Waals surface area contributed by atoms with Gasteiger partial charge in [0.1, 0.15) is 6.54 Å². The van der Waals surface area contributed by atoms with Gasteiger partial charge in [0.05, 0.1) is 15.9 Å². The highest BCUT2D eigenvalue weighted by molar-refractivity contribution is 8.18. The van der Waals surface area contributed by atoms with Gasteiger partial charge in [-0.05, 0) is 81.4 Å². The van der Waals surface area contributed by atoms with E-state index in [-0.39, 0.29) is 15.9 Å². The minimum atomic E-state index is -3.79. The quantitative estimate of drug-likeness (QED) is 0.500. The third kappa shape index (κ3) is 4.95. The lowest BCUT2D eigenvalue weighted by Crippen LogP contribution is -2.35. The van der Waals surface area contributed by atoms with Crippen LogP contribution < -0.4 is 5.14 Å². The van der Waals surface area contributed by atoms with Crippen LogP contribution in [0.15, 0.2) is 40.1 Å². The van der Waals surface area contributed by atoms with Gasteiger partial charge in [0, 0.05) is 17.1 Å². The lowest BCUT2D eigenvalue weighted by atomic mass is 10.2. The SMILES string of the molecule is Cc1cc(/C=C2/SC(=O)N(CC(=O)OC(C)C)C2=O)c(C)n1-c1ccc(S(N)(=O)=O)cc1. The first-order chi connectivity index (χ1) is 14.9. The van der Waals surface area contributed by atoms with Crippen LogP contribution in [0.1, 0.15) is 30.8 Å². The fraction of sp³-hybridized carbons (Fsp3) is 0.286. The number of carbonyl (C=O) groups excluding carboxylic acids is 3. The minimum absolute atomic E-state index is 0.00797. The Morgan fingerprint density at radius 1 is 1.19 bits per heavy atom. The van der Waals surface area contributed by atoms with Gasteiger partial charge in [0.2, 0.25) is 10.0 Å². The molecule has 1 aromatic carbocycles. The van der Waals surface area contributed by atoms with Crippen LogP contribution in [-0.2, 0) is 24.3 Å². The first-order valence-corrected chi connectivity index (χ1v) is 12.0. The maximum absolute atomic E-state index is 12.7. The summed E-state index contributed by atoms with van der Waals surface area (Å²) in [7, 11) is -3.79. The zero-order chi connectivity index (χ0) is 23.8. The van der Waals surface area contributed by atoms with Gasteiger partial charge in [-0.15, -0.1) is 0 Å². The van der Waals surface area contributed by atoms with E-state index in [0.717, 1.165) is 33.7 Å². The van der Waals surface area contributed by atoms with Crippen molar-refractivity contribution in [2.75, 3.05) is 6.54 Å². The largest absolute Gasteiger partial charge is 0.462 e. The van der Waals surface area contributed by atoms with Crippen LogP contribution in [0.3, 0.4) is 0 Å². The summed E-state index contributed by atoms with van der Waals surface area (Å²) in [4.78, 5) is 37.9. The number of aromatic nitrogens is 1. The Labute approximate surface area is 190 Å². The second-order valence-corrected chi connectivity index (χ2v) is 10.1. The van der Waals surface area contributed by atoms with E-state index in [2.05, 4.69) is 0 Å². The van der Waals surface area contributed by atoms with Gasteiger partial charge in [-0.2, -0.15) is 0 Å². The first kappa shape index (κ1) is 23.8. The van der Waals surface area contributed by atoms with E-state index in [4.69, 9.17) is 9.88 Å². The van der Waals surface area contributed by atoms with Gasteiger partial charge in [-0.1, -0.05) is 0 Å². The number of nitrogens with two attached hydrogens (primary N) is 1. The van der Waals surface area contributed by atoms with Crippen molar-refractivity contribution in [3.63, 3.8) is 0 Å². The highest BCUT2D eigenvalue weighted by Gasteiger charge is 2.37. The second kappa shape index (κ2) is 8.93. The lowest BCUT2D eigenvalue weighted by Gasteiger charge is -2.13. The van der Waals surface area contributed by atoms with E-state index in [9.17, 15) is 22.8 Å². The van der Waals surface area contributed by atoms with E-state index < -0.39 is 33.7 Å². The molecule has 170 valence electrons. The molecule has 1 saturated heterocycles. The van der Waals surface area contributed by atoms with Gasteiger partial charge in [0.15, 0.2) is 0 Å². The fourth-order valence-corrected chi connectivity index (χ4v) is 4.67. The molecule has 2 amide bonds. The molecule has 0 unspecified atom stereocenters. The molecule has 2 N–H and O–H groups in total. The van der Waals surface area contributed by atoms with Crippen molar-refractivity contribution in [1.29, 1.82) is 0 Å². The van der Waals surface area contributed by atoms with E-state index in [1.54, 1.807) is 32.1 Å². The molecule has 0 atom stereocenters. The molecule has 32 heavy (non-hydrogen) atoms. The molecule has 0 spiro atoms. The number of thioether (sulfide) groups is 1. The van der Waals surface area contributed by atoms with E-state index >= 15 is 0 Å². The average Bonchev–Trinajstić information content (AvgIpc) is 3.10. The summed E-state index contributed by atoms with van der Waals surface area (Å²) in [6, 6.07) is 7.97. The van der Waals surface area contributed by atoms with Crippen LogP contribution in [-0.4, -0.2) is 47.6 Å². The molecule has 1 aliphatic rings. The number of benzene rings is 1. The smallest absolute Gasteiger partial charge is 0.326 e. The number of rotatable bonds is 6. The Morgan fingerprint density at radius 2 is 1.81 bits per heavy atom. The van der Waals surface area contributed by atoms with E-state index in [1.165, 1.54) is 12.1 Å². The van der Waals surface area contributed by atoms with Crippen molar-refractivity contribution in [3.8, 4) is 5.69 Å². The van der Waals surface area contributed by atoms with Gasteiger partial charge in [-0.3, -0.25) is 19.3 Å². The number of ether oxygens (including phenoxy) is 1. The number of hydrogen-bond acceptors (Lipinski definition) is 7. The zero-order valence-electron chi connectivity index (χ0n) is 18.0. The molecule has 1 aliphatic heterocycles. The van der Waals surface area contributed by atoms with Crippen molar-refractivity contribution >= 4 is 45.0 Å². The number of hydrogen-bond donors (Lipinski definition) is 1. The molecule has 2 heterocycles. The molecule has 1 aromatic heterocycles. The summed E-state index contributed by atoms with van der Waals surface area (Å²) in [5, 5.41) is 4.62. The fourth-order valence-electron chi connectivity index (χ4n) is 3.32. The molecule has 0 bridgehead atoms. The van der Waals surface area contributed by atoms with E-state index in [1.807, 2.05) is 24.5 Å². The zero-order valence-corrected chi connectivity index (χ0v) is 19.6. The van der Waals surface area contributed by atoms with Crippen LogP contribution in [0.2, 0.25) is 0 Å². The van der Waals surface area contributed by atoms with Crippen LogP contribution in [0, 0.1) is 13.8 Å². The molecule has 3 rings (SSSR count). The minimum Gasteiger partial charge on any atom is -0.462 e. The summed E-state index contributed by atoms with van der Waals surface area (Å²) in [6.45, 7) is 6.64. The number of imide groups is 1. The number of carbonyl (C=O) groups is 3. The van der Waals surface area contributed by atoms with Gasteiger partial charge >= 0.3 is 5.97 Å². The number of amides is 2. The first-order valence-electron chi connectivity index (χ1n) is 9.65. The molecule has 1 fully saturated rings. The maximum Gasteiger partial charge on any atom is 0.326 e. The van der Waals surface area contributed by atoms with Gasteiger partial charge < -0.3 is 9.30 Å². The third-order valence-corrected chi connectivity index (χ3v) is 6.54. The third-order valence-electron chi connectivity index (χ3n) is 4.71. The molecule has 0 radical (unpaired) electrons. The number of sulfonamides is 1. The molecule has 11 heteroatoms. The predicted octanol–water partition coefficient (Wildman–Crippen LogP) is 2.73. The highest BCUT2D eigenvalue weighted by Crippen LogP contribution is 2.33. The summed E-state index contributed by atoms with van der Waals surface area (Å²) in [6.07, 6.45) is 1.26. The number of nitrogens with zero attached hydrogens (tertiary/aromatic N) is 2. The summed E-state index contributed by atoms with van der Waals surface area (Å²) in [5.74, 6) is -1.20. The molecular formula is C21H23N3O6S2. The molecule has 2 aromatic rings. The monoisotopic (exact) mass is 477 g/mol. The van der Waals surface area contributed by atoms with Crippen molar-refractivity contribution in [2.24, 2.45) is 5.14 Å². The Bertz CT molecular complexity index is 1230. The van der Waals surface area contributed by atoms with Crippen molar-refractivity contribution < 1.29 is 27.5 Å². The van der Waals surface area contributed by atoms with Crippen LogP contribution in [0.4, 0.5) is 4.79 Å². The van der Waals surface area contributed by atoms with Crippen molar-refractivity contribution in [3.05, 3.63) is 52.2 Å². The van der Waals surface area contributed by atoms with Gasteiger partial charge in [0.25, 0.3) is 11.1 Å². The van der Waals surface area contributed by atoms with Crippen LogP contribution >= 0.6 is 11.8 Å². The summed E-state index contributed by atoms with van der Waals surface area (Å²) < 4.78 is 29.9. The topological polar surface area (TPSA) is 129 Å². The summed E-state index contributed by atoms with van der Waals surface area (Å²) >= 11 is 0.763. The number of esters is 1. The average molecular weight is 478 g/mol. The van der Waals surface area contributed by atoms with Crippen molar-refractivity contribution in [1.82, 2.24) is 9.47 Å². The van der Waals surface area contributed by atoms with Gasteiger partial charge in [-0.25, -0.2) is 13.6 Å². The number of aryl methyl sites for hydroxylation is 1. The van der Waals surface area contributed by atoms with Crippen molar-refractivity contribution in [2.45, 2.75) is 38.7 Å².